The minimum Gasteiger partial charge on any atom is -0.0656 e. The van der Waals surface area contributed by atoms with Gasteiger partial charge in [0.25, 0.3) is 0 Å². The van der Waals surface area contributed by atoms with Crippen molar-refractivity contribution in [2.75, 3.05) is 13.2 Å². The molecule has 1 saturated heterocycles. The molecule has 21 heteroatoms. The van der Waals surface area contributed by atoms with Gasteiger partial charge >= 0.3 is 351 Å². The number of rotatable bonds is 27. The molecule has 8 atom stereocenters. The fourth-order valence-corrected chi connectivity index (χ4v) is 18.7. The fourth-order valence-electron chi connectivity index (χ4n) is 8.42. The average molecular weight is 1090 g/mol. The van der Waals surface area contributed by atoms with Gasteiger partial charge in [-0.05, 0) is 18.1 Å². The SMILES string of the molecule is CC[Si](CC)(CC)O[C@@H]([C@H](NC(=O)[C@@H](CO)NC(=S)[C@@H](NC(=O)[C@@H]1[C@@H](C)OC(C)(C)N1C(=O)OCC[Si](C)(C)C)[C@H](C)[Se]c1ccccc1)c1nc(C(=O)O)cs1)[C@@H](C)O[Si](CC)(CC)CC. The molecule has 0 aliphatic carbocycles. The van der Waals surface area contributed by atoms with Gasteiger partial charge in [-0.2, -0.15) is 0 Å². The Morgan fingerprint density at radius 2 is 1.49 bits per heavy atom. The molecule has 0 spiro atoms. The first kappa shape index (κ1) is 58.7. The normalized spacial score (nSPS) is 19.1. The van der Waals surface area contributed by atoms with Gasteiger partial charge in [0.2, 0.25) is 0 Å². The fraction of sp³-hybridized carbons (Fsp3) is 0.696. The van der Waals surface area contributed by atoms with Crippen molar-refractivity contribution in [1.29, 1.82) is 0 Å². The molecule has 67 heavy (non-hydrogen) atoms. The molecule has 1 aromatic carbocycles. The molecule has 1 aliphatic rings. The first-order chi connectivity index (χ1) is 31.4. The van der Waals surface area contributed by atoms with Crippen molar-refractivity contribution in [2.24, 2.45) is 0 Å². The number of thiocarbonyl (C=S) groups is 1. The molecule has 2 heterocycles. The number of thiazole rings is 1. The van der Waals surface area contributed by atoms with Crippen molar-refractivity contribution >= 4 is 96.5 Å². The topological polar surface area (TPSA) is 198 Å². The first-order valence-electron chi connectivity index (χ1n) is 23.8. The Morgan fingerprint density at radius 3 is 2.00 bits per heavy atom. The van der Waals surface area contributed by atoms with E-state index in [1.54, 1.807) is 20.8 Å². The van der Waals surface area contributed by atoms with Crippen LogP contribution in [0.1, 0.15) is 97.7 Å². The smallest absolute Gasteiger partial charge is 0.0656 e. The van der Waals surface area contributed by atoms with E-state index < -0.39 is 103 Å². The predicted octanol–water partition coefficient (Wildman–Crippen LogP) is 7.70. The van der Waals surface area contributed by atoms with Gasteiger partial charge in [-0.3, -0.25) is 0 Å². The number of amides is 3. The van der Waals surface area contributed by atoms with Crippen molar-refractivity contribution in [3.8, 4) is 0 Å². The Hall–Kier alpha value is -2.57. The molecule has 3 rings (SSSR count). The molecule has 2 aromatic rings. The van der Waals surface area contributed by atoms with E-state index in [1.807, 2.05) is 44.2 Å². The molecule has 1 aromatic heterocycles. The number of carbonyl (C=O) groups is 4. The van der Waals surface area contributed by atoms with Crippen LogP contribution in [0, 0.1) is 0 Å². The molecule has 15 nitrogen and oxygen atoms in total. The van der Waals surface area contributed by atoms with E-state index in [0.29, 0.717) is 5.01 Å². The van der Waals surface area contributed by atoms with Crippen LogP contribution in [0.15, 0.2) is 35.7 Å². The monoisotopic (exact) mass is 1090 g/mol. The molecule has 1 fully saturated rings. The van der Waals surface area contributed by atoms with Crippen LogP contribution in [0.25, 0.3) is 0 Å². The molecule has 3 amide bonds. The Balaban J connectivity index is 2.07. The van der Waals surface area contributed by atoms with E-state index in [4.69, 9.17) is 30.5 Å². The zero-order valence-electron chi connectivity index (χ0n) is 42.2. The summed E-state index contributed by atoms with van der Waals surface area (Å²) in [5.41, 5.74) is -1.32. The molecule has 5 N–H and O–H groups in total. The quantitative estimate of drug-likeness (QED) is 0.0432. The van der Waals surface area contributed by atoms with Gasteiger partial charge < -0.3 is 5.11 Å². The average Bonchev–Trinajstić information content (AvgIpc) is 3.87. The number of ether oxygens (including phenoxy) is 2. The van der Waals surface area contributed by atoms with Gasteiger partial charge in [0.15, 0.2) is 0 Å². The Kier molecular flexibility index (Phi) is 22.8. The summed E-state index contributed by atoms with van der Waals surface area (Å²) in [6.07, 6.45) is -2.62. The summed E-state index contributed by atoms with van der Waals surface area (Å²) in [5.74, 6) is -2.35. The molecule has 0 bridgehead atoms. The first-order valence-corrected chi connectivity index (χ1v) is 35.7. The second-order valence-corrected chi connectivity index (χ2v) is 38.6. The number of nitrogens with zero attached hydrogens (tertiary/aromatic N) is 2. The van der Waals surface area contributed by atoms with E-state index in [0.717, 1.165) is 58.1 Å². The minimum absolute atomic E-state index is 0.102. The number of aliphatic hydroxyl groups is 1. The van der Waals surface area contributed by atoms with Gasteiger partial charge in [0.05, 0.1) is 0 Å². The standard InChI is InChI=1S/C46H79N5O10S2SeSi3/c1-15-66(16-2,17-3)60-31(8)39(61-67(18-4,19-5)20-6)37(43-48-35(29-63-43)44(55)56)50-40(53)34(28-52)47-42(62)36(32(9)64-33-24-22-21-23-25-33)49-41(54)38-30(7)59-46(10,11)51(38)45(57)58-26-27-65(12,13)14/h21-25,29-32,34,36-39,52H,15-20,26-28H2,1-14H3,(H,47,62)(H,49,54)(H,50,53)(H,55,56)/t30-,31-,32+,34-,36+,37+,38+,39-/m1/s1. The van der Waals surface area contributed by atoms with Crippen molar-refractivity contribution in [3.05, 3.63) is 46.4 Å². The van der Waals surface area contributed by atoms with Crippen LogP contribution in [-0.2, 0) is 27.9 Å². The number of carboxylic acid groups (broad SMARTS) is 1. The zero-order chi connectivity index (χ0) is 50.5. The van der Waals surface area contributed by atoms with E-state index in [9.17, 15) is 29.4 Å². The summed E-state index contributed by atoms with van der Waals surface area (Å²) < 4.78 is 27.3. The summed E-state index contributed by atoms with van der Waals surface area (Å²) in [4.78, 5) is 60.9. The summed E-state index contributed by atoms with van der Waals surface area (Å²) in [6, 6.07) is 11.5. The van der Waals surface area contributed by atoms with Gasteiger partial charge in [-0.25, -0.2) is 4.79 Å². The maximum absolute atomic E-state index is 14.7. The summed E-state index contributed by atoms with van der Waals surface area (Å²) in [5, 5.41) is 32.0. The maximum atomic E-state index is 14.7. The zero-order valence-corrected chi connectivity index (χ0v) is 48.6. The van der Waals surface area contributed by atoms with Crippen LogP contribution >= 0.6 is 23.6 Å². The minimum atomic E-state index is -2.42. The number of aliphatic hydroxyl groups excluding tert-OH is 1. The number of hydrogen-bond acceptors (Lipinski definition) is 12. The third kappa shape index (κ3) is 16.0. The molecule has 0 saturated carbocycles. The molecular weight excluding hydrogens is 1010 g/mol. The van der Waals surface area contributed by atoms with E-state index >= 15 is 0 Å². The summed E-state index contributed by atoms with van der Waals surface area (Å²) in [6.45, 7) is 28.0. The number of aromatic carboxylic acids is 1. The van der Waals surface area contributed by atoms with Crippen LogP contribution < -0.4 is 20.4 Å². The second kappa shape index (κ2) is 26.0. The Bertz CT molecular complexity index is 1920. The van der Waals surface area contributed by atoms with Crippen LogP contribution in [0.3, 0.4) is 0 Å². The van der Waals surface area contributed by atoms with Crippen LogP contribution in [0.4, 0.5) is 4.79 Å². The van der Waals surface area contributed by atoms with Crippen LogP contribution in [-0.4, -0.2) is 144 Å². The third-order valence-electron chi connectivity index (χ3n) is 13.0. The van der Waals surface area contributed by atoms with Crippen molar-refractivity contribution in [1.82, 2.24) is 25.8 Å². The molecule has 1 aliphatic heterocycles. The number of benzene rings is 1. The van der Waals surface area contributed by atoms with Gasteiger partial charge in [0.1, 0.15) is 0 Å². The predicted molar refractivity (Wildman–Crippen MR) is 279 cm³/mol. The van der Waals surface area contributed by atoms with Crippen molar-refractivity contribution < 1.29 is 47.7 Å². The number of carboxylic acids is 1. The third-order valence-corrected chi connectivity index (χ3v) is 27.9. The molecule has 378 valence electrons. The van der Waals surface area contributed by atoms with Crippen molar-refractivity contribution in [2.45, 2.75) is 191 Å². The van der Waals surface area contributed by atoms with E-state index in [-0.39, 0.29) is 37.1 Å². The summed E-state index contributed by atoms with van der Waals surface area (Å²) >= 11 is 6.94. The van der Waals surface area contributed by atoms with Crippen LogP contribution in [0.5, 0.6) is 0 Å². The van der Waals surface area contributed by atoms with Gasteiger partial charge in [0, 0.05) is 0 Å². The number of aromatic nitrogens is 1. The summed E-state index contributed by atoms with van der Waals surface area (Å²) in [7, 11) is -6.19. The Labute approximate surface area is 418 Å². The van der Waals surface area contributed by atoms with Crippen molar-refractivity contribution in [3.63, 3.8) is 0 Å². The van der Waals surface area contributed by atoms with Crippen LogP contribution in [0.2, 0.25) is 66.8 Å². The molecular formula is C46H79N5O10S2SeSi3. The molecule has 0 radical (unpaired) electrons. The van der Waals surface area contributed by atoms with E-state index in [2.05, 4.69) is 82.1 Å². The van der Waals surface area contributed by atoms with Gasteiger partial charge in [-0.15, -0.1) is 0 Å². The number of hydrogen-bond donors (Lipinski definition) is 5. The van der Waals surface area contributed by atoms with E-state index in [1.165, 1.54) is 10.3 Å². The molecule has 0 unspecified atom stereocenters. The second-order valence-electron chi connectivity index (χ2n) is 19.1. The van der Waals surface area contributed by atoms with Gasteiger partial charge in [-0.1, -0.05) is 41.5 Å². The Morgan fingerprint density at radius 1 is 0.925 bits per heavy atom. The number of nitrogens with one attached hydrogen (secondary N) is 3. The number of carbonyl (C=O) groups excluding carboxylic acids is 3.